The van der Waals surface area contributed by atoms with Crippen molar-refractivity contribution in [2.24, 2.45) is 0 Å². The maximum Gasteiger partial charge on any atom is 0.338 e. The molecule has 0 aliphatic heterocycles. The van der Waals surface area contributed by atoms with Crippen molar-refractivity contribution >= 4 is 29.0 Å². The zero-order valence-electron chi connectivity index (χ0n) is 14.9. The number of amides is 1. The van der Waals surface area contributed by atoms with E-state index in [2.05, 4.69) is 5.32 Å². The van der Waals surface area contributed by atoms with Gasteiger partial charge in [-0.05, 0) is 36.8 Å². The Hall–Kier alpha value is -2.51. The molecule has 1 N–H and O–H groups in total. The first-order valence-corrected chi connectivity index (χ1v) is 8.88. The summed E-state index contributed by atoms with van der Waals surface area (Å²) in [5, 5.41) is 2.68. The molecule has 1 aromatic carbocycles. The topological polar surface area (TPSA) is 81.7 Å². The van der Waals surface area contributed by atoms with Crippen LogP contribution in [0.15, 0.2) is 36.4 Å². The summed E-state index contributed by atoms with van der Waals surface area (Å²) in [4.78, 5) is 36.9. The molecule has 0 radical (unpaired) electrons. The van der Waals surface area contributed by atoms with Crippen LogP contribution in [0.1, 0.15) is 44.3 Å². The van der Waals surface area contributed by atoms with Crippen LogP contribution in [0.25, 0.3) is 0 Å². The van der Waals surface area contributed by atoms with Gasteiger partial charge in [-0.3, -0.25) is 9.59 Å². The number of Topliss-reactive ketones (excluding diaryl/α,β-unsaturated/α-hetero) is 1. The predicted molar refractivity (Wildman–Crippen MR) is 98.2 cm³/mol. The molecule has 2 rings (SSSR count). The summed E-state index contributed by atoms with van der Waals surface area (Å²) in [6, 6.07) is 10.3. The number of hydrogen-bond acceptors (Lipinski definition) is 6. The van der Waals surface area contributed by atoms with Gasteiger partial charge in [-0.1, -0.05) is 12.1 Å². The Labute approximate surface area is 156 Å². The monoisotopic (exact) mass is 375 g/mol. The summed E-state index contributed by atoms with van der Waals surface area (Å²) in [7, 11) is 1.60. The van der Waals surface area contributed by atoms with Crippen molar-refractivity contribution < 1.29 is 23.9 Å². The number of carbonyl (C=O) groups is 3. The van der Waals surface area contributed by atoms with Gasteiger partial charge < -0.3 is 14.8 Å². The minimum absolute atomic E-state index is 0.134. The number of carbonyl (C=O) groups excluding carboxylic acids is 3. The fraction of sp³-hybridized carbons (Fsp3) is 0.316. The molecule has 0 bridgehead atoms. The molecule has 26 heavy (non-hydrogen) atoms. The lowest BCUT2D eigenvalue weighted by Crippen LogP contribution is -2.23. The van der Waals surface area contributed by atoms with Crippen LogP contribution in [0, 0.1) is 0 Å². The Bertz CT molecular complexity index is 781. The number of ether oxygens (including phenoxy) is 2. The zero-order chi connectivity index (χ0) is 19.1. The molecule has 7 heteroatoms. The molecule has 0 aliphatic rings. The highest BCUT2D eigenvalue weighted by atomic mass is 32.1. The minimum atomic E-state index is -0.895. The molecule has 0 saturated carbocycles. The van der Waals surface area contributed by atoms with Crippen molar-refractivity contribution in [2.45, 2.75) is 33.1 Å². The Morgan fingerprint density at radius 3 is 2.42 bits per heavy atom. The molecule has 1 heterocycles. The van der Waals surface area contributed by atoms with Crippen LogP contribution < -0.4 is 5.32 Å². The van der Waals surface area contributed by atoms with Crippen LogP contribution in [0.3, 0.4) is 0 Å². The van der Waals surface area contributed by atoms with E-state index in [0.29, 0.717) is 23.6 Å². The summed E-state index contributed by atoms with van der Waals surface area (Å²) >= 11 is 1.27. The van der Waals surface area contributed by atoms with E-state index in [1.165, 1.54) is 18.3 Å². The van der Waals surface area contributed by atoms with Gasteiger partial charge in [0.25, 0.3) is 0 Å². The number of rotatable bonds is 8. The van der Waals surface area contributed by atoms with Crippen LogP contribution in [0.5, 0.6) is 0 Å². The van der Waals surface area contributed by atoms with E-state index in [4.69, 9.17) is 9.47 Å². The second-order valence-corrected chi connectivity index (χ2v) is 6.89. The minimum Gasteiger partial charge on any atom is -0.451 e. The molecule has 0 saturated heterocycles. The van der Waals surface area contributed by atoms with Gasteiger partial charge in [0.1, 0.15) is 0 Å². The fourth-order valence-corrected chi connectivity index (χ4v) is 3.17. The maximum absolute atomic E-state index is 12.4. The van der Waals surface area contributed by atoms with E-state index in [0.717, 1.165) is 10.4 Å². The molecule has 0 spiro atoms. The standard InChI is InChI=1S/C19H21NO5S/c1-12(18(22)17-9-8-16(26-17)10-20-13(2)21)25-19(23)15-6-4-14(5-7-15)11-24-3/h4-9,12H,10-11H2,1-3H3,(H,20,21). The number of nitrogens with one attached hydrogen (secondary N) is 1. The predicted octanol–water partition coefficient (Wildman–Crippen LogP) is 2.96. The van der Waals surface area contributed by atoms with E-state index in [-0.39, 0.29) is 11.7 Å². The lowest BCUT2D eigenvalue weighted by atomic mass is 10.1. The molecule has 6 nitrogen and oxygen atoms in total. The lowest BCUT2D eigenvalue weighted by Gasteiger charge is -2.11. The van der Waals surface area contributed by atoms with Gasteiger partial charge in [-0.2, -0.15) is 0 Å². The molecule has 0 aliphatic carbocycles. The number of esters is 1. The van der Waals surface area contributed by atoms with Crippen molar-refractivity contribution in [3.8, 4) is 0 Å². The SMILES string of the molecule is COCc1ccc(C(=O)OC(C)C(=O)c2ccc(CNC(C)=O)s2)cc1. The molecule has 138 valence electrons. The van der Waals surface area contributed by atoms with Gasteiger partial charge in [0, 0.05) is 18.9 Å². The third-order valence-electron chi connectivity index (χ3n) is 3.57. The van der Waals surface area contributed by atoms with Crippen molar-refractivity contribution in [2.75, 3.05) is 7.11 Å². The van der Waals surface area contributed by atoms with Crippen molar-refractivity contribution in [1.82, 2.24) is 5.32 Å². The first-order valence-electron chi connectivity index (χ1n) is 8.07. The highest BCUT2D eigenvalue weighted by Crippen LogP contribution is 2.19. The van der Waals surface area contributed by atoms with E-state index in [1.54, 1.807) is 50.4 Å². The summed E-state index contributed by atoms with van der Waals surface area (Å²) in [5.41, 5.74) is 1.32. The average molecular weight is 375 g/mol. The first-order chi connectivity index (χ1) is 12.4. The van der Waals surface area contributed by atoms with Gasteiger partial charge in [-0.15, -0.1) is 11.3 Å². The van der Waals surface area contributed by atoms with Gasteiger partial charge in [0.15, 0.2) is 6.10 Å². The third kappa shape index (κ3) is 5.50. The number of thiophene rings is 1. The zero-order valence-corrected chi connectivity index (χ0v) is 15.7. The summed E-state index contributed by atoms with van der Waals surface area (Å²) in [6.07, 6.45) is -0.895. The number of ketones is 1. The Morgan fingerprint density at radius 1 is 1.12 bits per heavy atom. The van der Waals surface area contributed by atoms with Gasteiger partial charge >= 0.3 is 5.97 Å². The highest BCUT2D eigenvalue weighted by Gasteiger charge is 2.22. The van der Waals surface area contributed by atoms with E-state index < -0.39 is 12.1 Å². The van der Waals surface area contributed by atoms with Crippen molar-refractivity contribution in [1.29, 1.82) is 0 Å². The summed E-state index contributed by atoms with van der Waals surface area (Å²) in [6.45, 7) is 3.81. The van der Waals surface area contributed by atoms with Crippen LogP contribution in [-0.4, -0.2) is 30.9 Å². The largest absolute Gasteiger partial charge is 0.451 e. The quantitative estimate of drug-likeness (QED) is 0.567. The molecule has 0 fully saturated rings. The molecule has 1 unspecified atom stereocenters. The van der Waals surface area contributed by atoms with Crippen molar-refractivity contribution in [3.05, 3.63) is 57.3 Å². The normalized spacial score (nSPS) is 11.7. The Balaban J connectivity index is 1.95. The average Bonchev–Trinajstić information content (AvgIpc) is 3.09. The molecule has 2 aromatic rings. The van der Waals surface area contributed by atoms with Gasteiger partial charge in [0.2, 0.25) is 11.7 Å². The van der Waals surface area contributed by atoms with Gasteiger partial charge in [0.05, 0.1) is 23.6 Å². The van der Waals surface area contributed by atoms with Crippen LogP contribution >= 0.6 is 11.3 Å². The fourth-order valence-electron chi connectivity index (χ4n) is 2.20. The molecule has 1 amide bonds. The van der Waals surface area contributed by atoms with Crippen LogP contribution in [0.4, 0.5) is 0 Å². The Morgan fingerprint density at radius 2 is 1.81 bits per heavy atom. The number of methoxy groups -OCH3 is 1. The second kappa shape index (κ2) is 9.26. The van der Waals surface area contributed by atoms with Gasteiger partial charge in [-0.25, -0.2) is 4.79 Å². The van der Waals surface area contributed by atoms with E-state index >= 15 is 0 Å². The van der Waals surface area contributed by atoms with E-state index in [9.17, 15) is 14.4 Å². The summed E-state index contributed by atoms with van der Waals surface area (Å²) < 4.78 is 10.3. The highest BCUT2D eigenvalue weighted by molar-refractivity contribution is 7.14. The molecular weight excluding hydrogens is 354 g/mol. The number of benzene rings is 1. The first kappa shape index (κ1) is 19.8. The second-order valence-electron chi connectivity index (χ2n) is 5.72. The summed E-state index contributed by atoms with van der Waals surface area (Å²) in [5.74, 6) is -0.955. The maximum atomic E-state index is 12.4. The number of hydrogen-bond donors (Lipinski definition) is 1. The van der Waals surface area contributed by atoms with Crippen LogP contribution in [-0.2, 0) is 27.4 Å². The lowest BCUT2D eigenvalue weighted by molar-refractivity contribution is -0.119. The molecule has 1 atom stereocenters. The third-order valence-corrected chi connectivity index (χ3v) is 4.67. The molecule has 1 aromatic heterocycles. The van der Waals surface area contributed by atoms with Crippen molar-refractivity contribution in [3.63, 3.8) is 0 Å². The molecular formula is C19H21NO5S. The Kier molecular flexibility index (Phi) is 7.06. The smallest absolute Gasteiger partial charge is 0.338 e. The van der Waals surface area contributed by atoms with E-state index in [1.807, 2.05) is 0 Å². The van der Waals surface area contributed by atoms with Crippen LogP contribution in [0.2, 0.25) is 0 Å².